The molecule has 1 saturated heterocycles. The third-order valence-corrected chi connectivity index (χ3v) is 5.38. The van der Waals surface area contributed by atoms with E-state index in [0.29, 0.717) is 6.61 Å². The molecule has 0 spiro atoms. The van der Waals surface area contributed by atoms with Crippen molar-refractivity contribution in [3.63, 3.8) is 0 Å². The second-order valence-electron chi connectivity index (χ2n) is 7.50. The first-order chi connectivity index (χ1) is 12.2. The molecular weight excluding hydrogens is 316 g/mol. The van der Waals surface area contributed by atoms with Gasteiger partial charge in [-0.1, -0.05) is 30.1 Å². The fourth-order valence-electron chi connectivity index (χ4n) is 4.06. The Morgan fingerprint density at radius 2 is 1.92 bits per heavy atom. The predicted molar refractivity (Wildman–Crippen MR) is 93.9 cm³/mol. The number of hydrogen-bond acceptors (Lipinski definition) is 5. The molecule has 25 heavy (non-hydrogen) atoms. The van der Waals surface area contributed by atoms with Crippen LogP contribution in [0, 0.1) is 0 Å². The maximum absolute atomic E-state index is 5.78. The highest BCUT2D eigenvalue weighted by Gasteiger charge is 2.43. The molecule has 1 atom stereocenters. The number of hydrogen-bond donors (Lipinski definition) is 0. The zero-order chi connectivity index (χ0) is 17.3. The van der Waals surface area contributed by atoms with Gasteiger partial charge in [-0.25, -0.2) is 0 Å². The van der Waals surface area contributed by atoms with Crippen molar-refractivity contribution in [2.75, 3.05) is 13.2 Å². The molecule has 2 fully saturated rings. The fraction of sp³-hybridized carbons (Fsp3) is 0.600. The Labute approximate surface area is 148 Å². The molecule has 2 aromatic rings. The van der Waals surface area contributed by atoms with E-state index in [1.54, 1.807) is 0 Å². The minimum Gasteiger partial charge on any atom is -0.491 e. The van der Waals surface area contributed by atoms with Gasteiger partial charge in [-0.3, -0.25) is 0 Å². The summed E-state index contributed by atoms with van der Waals surface area (Å²) >= 11 is 0. The van der Waals surface area contributed by atoms with Crippen LogP contribution >= 0.6 is 0 Å². The third-order valence-electron chi connectivity index (χ3n) is 5.38. The summed E-state index contributed by atoms with van der Waals surface area (Å²) in [6.45, 7) is 5.57. The predicted octanol–water partition coefficient (Wildman–Crippen LogP) is 4.22. The van der Waals surface area contributed by atoms with E-state index < -0.39 is 0 Å². The van der Waals surface area contributed by atoms with Gasteiger partial charge in [0.2, 0.25) is 5.89 Å². The van der Waals surface area contributed by atoms with Crippen molar-refractivity contribution in [3.05, 3.63) is 41.5 Å². The van der Waals surface area contributed by atoms with Crippen LogP contribution < -0.4 is 4.74 Å². The molecule has 0 radical (unpaired) electrons. The molecule has 1 aliphatic carbocycles. The molecular formula is C20H26N2O3. The van der Waals surface area contributed by atoms with E-state index in [1.165, 1.54) is 18.4 Å². The second-order valence-corrected chi connectivity index (χ2v) is 7.50. The first-order valence-corrected chi connectivity index (χ1v) is 9.36. The molecule has 2 heterocycles. The van der Waals surface area contributed by atoms with Crippen molar-refractivity contribution in [1.82, 2.24) is 10.1 Å². The smallest absolute Gasteiger partial charge is 0.237 e. The first-order valence-electron chi connectivity index (χ1n) is 9.36. The molecule has 134 valence electrons. The van der Waals surface area contributed by atoms with Crippen molar-refractivity contribution in [1.29, 1.82) is 0 Å². The molecule has 1 aromatic heterocycles. The number of nitrogens with zero attached hydrogens (tertiary/aromatic N) is 2. The van der Waals surface area contributed by atoms with Crippen LogP contribution in [-0.2, 0) is 10.2 Å². The summed E-state index contributed by atoms with van der Waals surface area (Å²) in [5, 5.41) is 4.28. The SMILES string of the molecule is CC(C)Oc1ccc(C2(c3nc([C@@H]4CCOC4)no3)CCCC2)cc1. The first kappa shape index (κ1) is 16.6. The summed E-state index contributed by atoms with van der Waals surface area (Å²) in [4.78, 5) is 4.80. The van der Waals surface area contributed by atoms with E-state index in [9.17, 15) is 0 Å². The van der Waals surface area contributed by atoms with Crippen molar-refractivity contribution in [3.8, 4) is 5.75 Å². The Morgan fingerprint density at radius 3 is 2.56 bits per heavy atom. The van der Waals surface area contributed by atoms with Gasteiger partial charge in [0.15, 0.2) is 5.82 Å². The summed E-state index contributed by atoms with van der Waals surface area (Å²) in [5.74, 6) is 2.75. The molecule has 0 unspecified atom stereocenters. The molecule has 0 amide bonds. The highest BCUT2D eigenvalue weighted by Crippen LogP contribution is 2.46. The molecule has 1 aliphatic heterocycles. The molecule has 2 aliphatic rings. The third kappa shape index (κ3) is 3.17. The standard InChI is InChI=1S/C20H26N2O3/c1-14(2)24-17-7-5-16(6-8-17)20(10-3-4-11-20)19-21-18(22-25-19)15-9-12-23-13-15/h5-8,14-15H,3-4,9-13H2,1-2H3/t15-/m1/s1. The van der Waals surface area contributed by atoms with E-state index in [2.05, 4.69) is 29.4 Å². The Morgan fingerprint density at radius 1 is 1.16 bits per heavy atom. The zero-order valence-corrected chi connectivity index (χ0v) is 15.0. The minimum absolute atomic E-state index is 0.152. The molecule has 0 bridgehead atoms. The van der Waals surface area contributed by atoms with Crippen LogP contribution in [0.15, 0.2) is 28.8 Å². The monoisotopic (exact) mass is 342 g/mol. The summed E-state index contributed by atoms with van der Waals surface area (Å²) in [7, 11) is 0. The maximum Gasteiger partial charge on any atom is 0.237 e. The van der Waals surface area contributed by atoms with E-state index in [4.69, 9.17) is 19.0 Å². The topological polar surface area (TPSA) is 57.4 Å². The van der Waals surface area contributed by atoms with E-state index >= 15 is 0 Å². The van der Waals surface area contributed by atoms with Gasteiger partial charge in [-0.2, -0.15) is 4.98 Å². The Balaban J connectivity index is 1.63. The Kier molecular flexibility index (Phi) is 4.50. The van der Waals surface area contributed by atoms with Crippen molar-refractivity contribution >= 4 is 0 Å². The summed E-state index contributed by atoms with van der Waals surface area (Å²) < 4.78 is 17.0. The summed E-state index contributed by atoms with van der Waals surface area (Å²) in [6, 6.07) is 8.42. The summed E-state index contributed by atoms with van der Waals surface area (Å²) in [5.41, 5.74) is 1.10. The lowest BCUT2D eigenvalue weighted by Gasteiger charge is -2.25. The number of rotatable bonds is 5. The van der Waals surface area contributed by atoms with Crippen LogP contribution in [0.5, 0.6) is 5.75 Å². The second kappa shape index (κ2) is 6.79. The number of benzene rings is 1. The van der Waals surface area contributed by atoms with Gasteiger partial charge >= 0.3 is 0 Å². The quantitative estimate of drug-likeness (QED) is 0.814. The Bertz CT molecular complexity index is 696. The number of aromatic nitrogens is 2. The van der Waals surface area contributed by atoms with Crippen LogP contribution in [0.4, 0.5) is 0 Å². The zero-order valence-electron chi connectivity index (χ0n) is 15.0. The lowest BCUT2D eigenvalue weighted by Crippen LogP contribution is -2.24. The van der Waals surface area contributed by atoms with Gasteiger partial charge in [0.1, 0.15) is 5.75 Å². The average molecular weight is 342 g/mol. The van der Waals surface area contributed by atoms with Gasteiger partial charge in [0, 0.05) is 12.5 Å². The Hall–Kier alpha value is -1.88. The molecule has 1 aromatic carbocycles. The molecule has 1 saturated carbocycles. The molecule has 5 heteroatoms. The van der Waals surface area contributed by atoms with Gasteiger partial charge in [0.25, 0.3) is 0 Å². The average Bonchev–Trinajstić information content (AvgIpc) is 3.35. The van der Waals surface area contributed by atoms with Crippen LogP contribution in [0.25, 0.3) is 0 Å². The van der Waals surface area contributed by atoms with Crippen molar-refractivity contribution in [2.24, 2.45) is 0 Å². The largest absolute Gasteiger partial charge is 0.491 e. The maximum atomic E-state index is 5.78. The van der Waals surface area contributed by atoms with E-state index in [-0.39, 0.29) is 17.4 Å². The van der Waals surface area contributed by atoms with Crippen LogP contribution in [0.3, 0.4) is 0 Å². The molecule has 5 nitrogen and oxygen atoms in total. The van der Waals surface area contributed by atoms with Crippen molar-refractivity contribution in [2.45, 2.75) is 63.4 Å². The van der Waals surface area contributed by atoms with Gasteiger partial charge in [-0.05, 0) is 50.8 Å². The minimum atomic E-state index is -0.152. The lowest BCUT2D eigenvalue weighted by molar-refractivity contribution is 0.192. The van der Waals surface area contributed by atoms with Crippen LogP contribution in [0.2, 0.25) is 0 Å². The number of ether oxygens (including phenoxy) is 2. The van der Waals surface area contributed by atoms with E-state index in [1.807, 2.05) is 13.8 Å². The highest BCUT2D eigenvalue weighted by molar-refractivity contribution is 5.37. The van der Waals surface area contributed by atoms with E-state index in [0.717, 1.165) is 43.3 Å². The van der Waals surface area contributed by atoms with Crippen LogP contribution in [-0.4, -0.2) is 29.5 Å². The normalized spacial score (nSPS) is 22.6. The lowest BCUT2D eigenvalue weighted by atomic mass is 9.78. The fourth-order valence-corrected chi connectivity index (χ4v) is 4.06. The summed E-state index contributed by atoms with van der Waals surface area (Å²) in [6.07, 6.45) is 5.65. The van der Waals surface area contributed by atoms with Crippen molar-refractivity contribution < 1.29 is 14.0 Å². The molecule has 4 rings (SSSR count). The highest BCUT2D eigenvalue weighted by atomic mass is 16.5. The van der Waals surface area contributed by atoms with Crippen LogP contribution in [0.1, 0.15) is 69.1 Å². The van der Waals surface area contributed by atoms with Gasteiger partial charge in [0.05, 0.1) is 18.1 Å². The van der Waals surface area contributed by atoms with Gasteiger partial charge < -0.3 is 14.0 Å². The molecule has 0 N–H and O–H groups in total. The van der Waals surface area contributed by atoms with Gasteiger partial charge in [-0.15, -0.1) is 0 Å².